The molecule has 0 spiro atoms. The van der Waals surface area contributed by atoms with Crippen LogP contribution >= 0.6 is 11.6 Å². The van der Waals surface area contributed by atoms with Crippen LogP contribution < -0.4 is 5.32 Å². The zero-order valence-corrected chi connectivity index (χ0v) is 11.0. The minimum absolute atomic E-state index is 0.0824. The minimum atomic E-state index is 0.0824. The maximum Gasteiger partial charge on any atom is 0.255 e. The van der Waals surface area contributed by atoms with Crippen molar-refractivity contribution in [2.75, 3.05) is 13.1 Å². The normalized spacial score (nSPS) is 27.1. The number of halogens is 1. The summed E-state index contributed by atoms with van der Waals surface area (Å²) in [6, 6.07) is 8.15. The van der Waals surface area contributed by atoms with Gasteiger partial charge in [-0.05, 0) is 31.4 Å². The van der Waals surface area contributed by atoms with Gasteiger partial charge in [0.15, 0.2) is 0 Å². The Hall–Kier alpha value is -1.06. The van der Waals surface area contributed by atoms with Crippen molar-refractivity contribution in [1.29, 1.82) is 0 Å². The SMILES string of the molecule is O=C(c1ccccc1Cl)N1CCNC2CCCC21. The molecule has 2 aliphatic rings. The van der Waals surface area contributed by atoms with Gasteiger partial charge in [0.25, 0.3) is 5.91 Å². The highest BCUT2D eigenvalue weighted by Crippen LogP contribution is 2.28. The lowest BCUT2D eigenvalue weighted by atomic mass is 10.1. The third-order valence-electron chi connectivity index (χ3n) is 4.00. The zero-order chi connectivity index (χ0) is 12.5. The highest BCUT2D eigenvalue weighted by atomic mass is 35.5. The van der Waals surface area contributed by atoms with Crippen LogP contribution in [0.3, 0.4) is 0 Å². The van der Waals surface area contributed by atoms with Crippen LogP contribution in [-0.4, -0.2) is 36.0 Å². The molecule has 3 nitrogen and oxygen atoms in total. The minimum Gasteiger partial charge on any atom is -0.333 e. The molecule has 2 unspecified atom stereocenters. The molecule has 1 aromatic rings. The molecule has 4 heteroatoms. The van der Waals surface area contributed by atoms with Gasteiger partial charge in [0.1, 0.15) is 0 Å². The molecule has 1 aliphatic carbocycles. The van der Waals surface area contributed by atoms with Crippen LogP contribution in [0.15, 0.2) is 24.3 Å². The van der Waals surface area contributed by atoms with Gasteiger partial charge in [0, 0.05) is 25.2 Å². The molecule has 1 aromatic carbocycles. The summed E-state index contributed by atoms with van der Waals surface area (Å²) >= 11 is 6.12. The lowest BCUT2D eigenvalue weighted by Gasteiger charge is -2.38. The number of carbonyl (C=O) groups excluding carboxylic acids is 1. The van der Waals surface area contributed by atoms with E-state index in [1.807, 2.05) is 23.1 Å². The molecule has 0 aromatic heterocycles. The van der Waals surface area contributed by atoms with Crippen molar-refractivity contribution in [1.82, 2.24) is 10.2 Å². The molecule has 2 fully saturated rings. The summed E-state index contributed by atoms with van der Waals surface area (Å²) < 4.78 is 0. The first-order chi connectivity index (χ1) is 8.77. The van der Waals surface area contributed by atoms with E-state index in [0.717, 1.165) is 19.5 Å². The first-order valence-corrected chi connectivity index (χ1v) is 6.94. The summed E-state index contributed by atoms with van der Waals surface area (Å²) in [5.41, 5.74) is 0.631. The molecule has 0 bridgehead atoms. The smallest absolute Gasteiger partial charge is 0.255 e. The quantitative estimate of drug-likeness (QED) is 0.844. The summed E-state index contributed by atoms with van der Waals surface area (Å²) in [4.78, 5) is 14.6. The number of nitrogens with one attached hydrogen (secondary N) is 1. The molecule has 3 rings (SSSR count). The number of rotatable bonds is 1. The van der Waals surface area contributed by atoms with Crippen molar-refractivity contribution < 1.29 is 4.79 Å². The number of piperazine rings is 1. The Kier molecular flexibility index (Phi) is 3.27. The fourth-order valence-electron chi connectivity index (χ4n) is 3.13. The molecule has 18 heavy (non-hydrogen) atoms. The first-order valence-electron chi connectivity index (χ1n) is 6.56. The topological polar surface area (TPSA) is 32.3 Å². The fourth-order valence-corrected chi connectivity index (χ4v) is 3.35. The van der Waals surface area contributed by atoms with Crippen molar-refractivity contribution in [3.8, 4) is 0 Å². The Balaban J connectivity index is 1.86. The van der Waals surface area contributed by atoms with Crippen LogP contribution in [0.1, 0.15) is 29.6 Å². The van der Waals surface area contributed by atoms with Gasteiger partial charge < -0.3 is 10.2 Å². The van der Waals surface area contributed by atoms with E-state index >= 15 is 0 Å². The number of benzene rings is 1. The average Bonchev–Trinajstić information content (AvgIpc) is 2.86. The van der Waals surface area contributed by atoms with Crippen molar-refractivity contribution >= 4 is 17.5 Å². The Morgan fingerprint density at radius 1 is 1.33 bits per heavy atom. The van der Waals surface area contributed by atoms with Gasteiger partial charge in [0.2, 0.25) is 0 Å². The molecule has 2 atom stereocenters. The van der Waals surface area contributed by atoms with E-state index in [1.54, 1.807) is 6.07 Å². The van der Waals surface area contributed by atoms with Crippen molar-refractivity contribution in [3.05, 3.63) is 34.9 Å². The summed E-state index contributed by atoms with van der Waals surface area (Å²) in [5.74, 6) is 0.0824. The molecule has 1 heterocycles. The highest BCUT2D eigenvalue weighted by molar-refractivity contribution is 6.33. The summed E-state index contributed by atoms with van der Waals surface area (Å²) in [6.07, 6.45) is 3.49. The summed E-state index contributed by atoms with van der Waals surface area (Å²) in [6.45, 7) is 1.67. The third kappa shape index (κ3) is 2.02. The van der Waals surface area contributed by atoms with Gasteiger partial charge in [-0.2, -0.15) is 0 Å². The van der Waals surface area contributed by atoms with Gasteiger partial charge in [-0.1, -0.05) is 23.7 Å². The van der Waals surface area contributed by atoms with Crippen LogP contribution in [0, 0.1) is 0 Å². The molecule has 96 valence electrons. The number of hydrogen-bond donors (Lipinski definition) is 1. The van der Waals surface area contributed by atoms with Gasteiger partial charge in [0.05, 0.1) is 10.6 Å². The second-order valence-corrected chi connectivity index (χ2v) is 5.44. The number of amides is 1. The van der Waals surface area contributed by atoms with E-state index in [9.17, 15) is 4.79 Å². The lowest BCUT2D eigenvalue weighted by Crippen LogP contribution is -2.57. The fraction of sp³-hybridized carbons (Fsp3) is 0.500. The number of hydrogen-bond acceptors (Lipinski definition) is 2. The van der Waals surface area contributed by atoms with Crippen molar-refractivity contribution in [2.45, 2.75) is 31.3 Å². The second kappa shape index (κ2) is 4.90. The standard InChI is InChI=1S/C14H17ClN2O/c15-11-5-2-1-4-10(11)14(18)17-9-8-16-12-6-3-7-13(12)17/h1-2,4-5,12-13,16H,3,6-9H2. The van der Waals surface area contributed by atoms with Gasteiger partial charge in [-0.15, -0.1) is 0 Å². The van der Waals surface area contributed by atoms with E-state index in [0.29, 0.717) is 22.7 Å². The molecule has 1 aliphatic heterocycles. The van der Waals surface area contributed by atoms with E-state index in [1.165, 1.54) is 12.8 Å². The molecule has 1 saturated heterocycles. The monoisotopic (exact) mass is 264 g/mol. The molecular weight excluding hydrogens is 248 g/mol. The summed E-state index contributed by atoms with van der Waals surface area (Å²) in [5, 5.41) is 4.06. The molecular formula is C14H17ClN2O. The number of fused-ring (bicyclic) bond motifs is 1. The predicted octanol–water partition coefficient (Wildman–Crippen LogP) is 2.31. The summed E-state index contributed by atoms with van der Waals surface area (Å²) in [7, 11) is 0. The van der Waals surface area contributed by atoms with E-state index in [-0.39, 0.29) is 5.91 Å². The van der Waals surface area contributed by atoms with Gasteiger partial charge >= 0.3 is 0 Å². The molecule has 1 amide bonds. The molecule has 0 radical (unpaired) electrons. The molecule has 1 N–H and O–H groups in total. The van der Waals surface area contributed by atoms with E-state index in [2.05, 4.69) is 5.32 Å². The first kappa shape index (κ1) is 12.0. The maximum atomic E-state index is 12.6. The second-order valence-electron chi connectivity index (χ2n) is 5.04. The number of carbonyl (C=O) groups is 1. The van der Waals surface area contributed by atoms with Crippen LogP contribution in [-0.2, 0) is 0 Å². The van der Waals surface area contributed by atoms with Crippen LogP contribution in [0.25, 0.3) is 0 Å². The van der Waals surface area contributed by atoms with Crippen LogP contribution in [0.2, 0.25) is 5.02 Å². The number of nitrogens with zero attached hydrogens (tertiary/aromatic N) is 1. The predicted molar refractivity (Wildman–Crippen MR) is 71.9 cm³/mol. The van der Waals surface area contributed by atoms with Crippen LogP contribution in [0.5, 0.6) is 0 Å². The van der Waals surface area contributed by atoms with Crippen molar-refractivity contribution in [3.63, 3.8) is 0 Å². The lowest BCUT2D eigenvalue weighted by molar-refractivity contribution is 0.0599. The Morgan fingerprint density at radius 3 is 3.00 bits per heavy atom. The molecule has 1 saturated carbocycles. The van der Waals surface area contributed by atoms with Gasteiger partial charge in [-0.3, -0.25) is 4.79 Å². The van der Waals surface area contributed by atoms with Gasteiger partial charge in [-0.25, -0.2) is 0 Å². The Morgan fingerprint density at radius 2 is 2.17 bits per heavy atom. The van der Waals surface area contributed by atoms with E-state index < -0.39 is 0 Å². The third-order valence-corrected chi connectivity index (χ3v) is 4.33. The Bertz CT molecular complexity index is 463. The highest BCUT2D eigenvalue weighted by Gasteiger charge is 2.37. The van der Waals surface area contributed by atoms with E-state index in [4.69, 9.17) is 11.6 Å². The van der Waals surface area contributed by atoms with Crippen molar-refractivity contribution in [2.24, 2.45) is 0 Å². The average molecular weight is 265 g/mol. The zero-order valence-electron chi connectivity index (χ0n) is 10.2. The van der Waals surface area contributed by atoms with Crippen LogP contribution in [0.4, 0.5) is 0 Å². The largest absolute Gasteiger partial charge is 0.333 e. The Labute approximate surface area is 112 Å². The maximum absolute atomic E-state index is 12.6.